The van der Waals surface area contributed by atoms with Crippen molar-refractivity contribution in [3.05, 3.63) is 22.5 Å². The molecule has 0 spiro atoms. The smallest absolute Gasteiger partial charge is 0.305 e. The van der Waals surface area contributed by atoms with Crippen LogP contribution in [-0.2, 0) is 0 Å². The lowest BCUT2D eigenvalue weighted by Crippen LogP contribution is -2.29. The van der Waals surface area contributed by atoms with Gasteiger partial charge in [-0.05, 0) is 25.5 Å². The maximum absolute atomic E-state index is 10.5. The van der Waals surface area contributed by atoms with Crippen molar-refractivity contribution in [3.63, 3.8) is 0 Å². The summed E-state index contributed by atoms with van der Waals surface area (Å²) in [6.07, 6.45) is 9.29. The van der Waals surface area contributed by atoms with E-state index in [0.29, 0.717) is 17.2 Å². The van der Waals surface area contributed by atoms with Gasteiger partial charge in [0.05, 0.1) is 4.92 Å². The van der Waals surface area contributed by atoms with Crippen LogP contribution < -0.4 is 5.32 Å². The van der Waals surface area contributed by atoms with Crippen molar-refractivity contribution in [1.29, 1.82) is 0 Å². The van der Waals surface area contributed by atoms with Crippen molar-refractivity contribution in [2.24, 2.45) is 0 Å². The van der Waals surface area contributed by atoms with Crippen LogP contribution in [0.1, 0.15) is 25.7 Å². The third-order valence-electron chi connectivity index (χ3n) is 3.14. The van der Waals surface area contributed by atoms with E-state index in [1.807, 2.05) is 11.8 Å². The molecular formula is C11H16N4O2S. The standard InChI is InChI=1S/C11H16N4O2S/c1-18-10-4-2-3-8(5-10)14-11-12-6-9(7-13-11)15(16)17/h6-8,10H,2-5H2,1H3,(H,12,13,14). The Hall–Kier alpha value is -1.37. The van der Waals surface area contributed by atoms with Gasteiger partial charge in [-0.1, -0.05) is 6.42 Å². The number of anilines is 1. The SMILES string of the molecule is CSC1CCCC(Nc2ncc([N+](=O)[O-])cn2)C1. The average Bonchev–Trinajstić information content (AvgIpc) is 2.39. The summed E-state index contributed by atoms with van der Waals surface area (Å²) in [7, 11) is 0. The first-order valence-electron chi connectivity index (χ1n) is 5.95. The predicted octanol–water partition coefficient (Wildman–Crippen LogP) is 2.47. The second-order valence-electron chi connectivity index (χ2n) is 4.39. The van der Waals surface area contributed by atoms with Gasteiger partial charge in [0.1, 0.15) is 12.4 Å². The normalized spacial score (nSPS) is 23.6. The molecule has 0 saturated heterocycles. The number of rotatable bonds is 4. The molecule has 2 atom stereocenters. The molecular weight excluding hydrogens is 252 g/mol. The van der Waals surface area contributed by atoms with Crippen molar-refractivity contribution in [1.82, 2.24) is 9.97 Å². The molecule has 1 heterocycles. The van der Waals surface area contributed by atoms with Gasteiger partial charge in [0.15, 0.2) is 0 Å². The molecule has 0 aromatic carbocycles. The van der Waals surface area contributed by atoms with E-state index >= 15 is 0 Å². The van der Waals surface area contributed by atoms with E-state index in [2.05, 4.69) is 21.5 Å². The third kappa shape index (κ3) is 3.32. The van der Waals surface area contributed by atoms with Crippen LogP contribution in [0.3, 0.4) is 0 Å². The van der Waals surface area contributed by atoms with E-state index in [9.17, 15) is 10.1 Å². The predicted molar refractivity (Wildman–Crippen MR) is 71.9 cm³/mol. The van der Waals surface area contributed by atoms with Crippen LogP contribution in [-0.4, -0.2) is 32.4 Å². The molecule has 2 rings (SSSR count). The summed E-state index contributed by atoms with van der Waals surface area (Å²) in [5, 5.41) is 14.4. The minimum absolute atomic E-state index is 0.0776. The molecule has 98 valence electrons. The average molecular weight is 268 g/mol. The lowest BCUT2D eigenvalue weighted by Gasteiger charge is -2.28. The Morgan fingerprint density at radius 1 is 1.44 bits per heavy atom. The number of nitrogens with one attached hydrogen (secondary N) is 1. The Labute approximate surface area is 110 Å². The number of aromatic nitrogens is 2. The fourth-order valence-electron chi connectivity index (χ4n) is 2.16. The highest BCUT2D eigenvalue weighted by Crippen LogP contribution is 2.28. The summed E-state index contributed by atoms with van der Waals surface area (Å²) in [6, 6.07) is 0.373. The lowest BCUT2D eigenvalue weighted by molar-refractivity contribution is -0.385. The Bertz CT molecular complexity index is 412. The van der Waals surface area contributed by atoms with Gasteiger partial charge < -0.3 is 5.32 Å². The number of hydrogen-bond donors (Lipinski definition) is 1. The molecule has 0 bridgehead atoms. The zero-order valence-electron chi connectivity index (χ0n) is 10.2. The first kappa shape index (κ1) is 13.1. The molecule has 0 amide bonds. The Morgan fingerprint density at radius 2 is 2.17 bits per heavy atom. The molecule has 1 aromatic rings. The maximum Gasteiger partial charge on any atom is 0.305 e. The molecule has 1 N–H and O–H groups in total. The van der Waals surface area contributed by atoms with E-state index in [-0.39, 0.29) is 5.69 Å². The molecule has 1 aromatic heterocycles. The molecule has 1 saturated carbocycles. The molecule has 18 heavy (non-hydrogen) atoms. The summed E-state index contributed by atoms with van der Waals surface area (Å²) < 4.78 is 0. The highest BCUT2D eigenvalue weighted by Gasteiger charge is 2.21. The van der Waals surface area contributed by atoms with Crippen molar-refractivity contribution >= 4 is 23.4 Å². The third-order valence-corrected chi connectivity index (χ3v) is 4.24. The Balaban J connectivity index is 1.94. The number of hydrogen-bond acceptors (Lipinski definition) is 6. The molecule has 0 radical (unpaired) electrons. The Kier molecular flexibility index (Phi) is 4.35. The van der Waals surface area contributed by atoms with Crippen molar-refractivity contribution in [3.8, 4) is 0 Å². The van der Waals surface area contributed by atoms with E-state index in [0.717, 1.165) is 12.8 Å². The zero-order chi connectivity index (χ0) is 13.0. The minimum atomic E-state index is -0.492. The maximum atomic E-state index is 10.5. The summed E-state index contributed by atoms with van der Waals surface area (Å²) in [5.41, 5.74) is -0.0776. The van der Waals surface area contributed by atoms with Crippen LogP contribution in [0.5, 0.6) is 0 Å². The fraction of sp³-hybridized carbons (Fsp3) is 0.636. The van der Waals surface area contributed by atoms with Gasteiger partial charge in [0.2, 0.25) is 5.95 Å². The van der Waals surface area contributed by atoms with Crippen molar-refractivity contribution < 1.29 is 4.92 Å². The minimum Gasteiger partial charge on any atom is -0.351 e. The molecule has 2 unspecified atom stereocenters. The summed E-state index contributed by atoms with van der Waals surface area (Å²) in [5.74, 6) is 0.479. The van der Waals surface area contributed by atoms with Crippen LogP contribution >= 0.6 is 11.8 Å². The van der Waals surface area contributed by atoms with Crippen LogP contribution in [0.25, 0.3) is 0 Å². The second kappa shape index (κ2) is 5.99. The quantitative estimate of drug-likeness (QED) is 0.667. The van der Waals surface area contributed by atoms with E-state index in [1.54, 1.807) is 0 Å². The van der Waals surface area contributed by atoms with Gasteiger partial charge in [-0.2, -0.15) is 11.8 Å². The number of nitro groups is 1. The van der Waals surface area contributed by atoms with Gasteiger partial charge in [0, 0.05) is 11.3 Å². The summed E-state index contributed by atoms with van der Waals surface area (Å²) in [4.78, 5) is 17.9. The van der Waals surface area contributed by atoms with Gasteiger partial charge in [-0.15, -0.1) is 0 Å². The van der Waals surface area contributed by atoms with Crippen molar-refractivity contribution in [2.75, 3.05) is 11.6 Å². The van der Waals surface area contributed by atoms with Gasteiger partial charge in [0.25, 0.3) is 0 Å². The highest BCUT2D eigenvalue weighted by atomic mass is 32.2. The number of nitrogens with zero attached hydrogens (tertiary/aromatic N) is 3. The molecule has 1 aliphatic carbocycles. The largest absolute Gasteiger partial charge is 0.351 e. The zero-order valence-corrected chi connectivity index (χ0v) is 11.0. The fourth-order valence-corrected chi connectivity index (χ4v) is 2.99. The van der Waals surface area contributed by atoms with Crippen LogP contribution in [0.4, 0.5) is 11.6 Å². The molecule has 0 aliphatic heterocycles. The first-order chi connectivity index (χ1) is 8.69. The first-order valence-corrected chi connectivity index (χ1v) is 7.23. The lowest BCUT2D eigenvalue weighted by atomic mass is 9.95. The van der Waals surface area contributed by atoms with Gasteiger partial charge in [-0.25, -0.2) is 9.97 Å². The van der Waals surface area contributed by atoms with Crippen molar-refractivity contribution in [2.45, 2.75) is 37.0 Å². The van der Waals surface area contributed by atoms with Crippen LogP contribution in [0.15, 0.2) is 12.4 Å². The van der Waals surface area contributed by atoms with Crippen LogP contribution in [0, 0.1) is 10.1 Å². The number of thioether (sulfide) groups is 1. The van der Waals surface area contributed by atoms with E-state index in [4.69, 9.17) is 0 Å². The molecule has 7 heteroatoms. The van der Waals surface area contributed by atoms with Gasteiger partial charge in [-0.3, -0.25) is 10.1 Å². The molecule has 1 fully saturated rings. The second-order valence-corrected chi connectivity index (χ2v) is 5.53. The monoisotopic (exact) mass is 268 g/mol. The van der Waals surface area contributed by atoms with E-state index < -0.39 is 4.92 Å². The molecule has 6 nitrogen and oxygen atoms in total. The van der Waals surface area contributed by atoms with Gasteiger partial charge >= 0.3 is 5.69 Å². The highest BCUT2D eigenvalue weighted by molar-refractivity contribution is 7.99. The van der Waals surface area contributed by atoms with E-state index in [1.165, 1.54) is 25.2 Å². The summed E-state index contributed by atoms with van der Waals surface area (Å²) in [6.45, 7) is 0. The topological polar surface area (TPSA) is 81.0 Å². The Morgan fingerprint density at radius 3 is 2.78 bits per heavy atom. The summed E-state index contributed by atoms with van der Waals surface area (Å²) >= 11 is 1.90. The molecule has 1 aliphatic rings. The van der Waals surface area contributed by atoms with Crippen LogP contribution in [0.2, 0.25) is 0 Å².